The Hall–Kier alpha value is -3.29. The van der Waals surface area contributed by atoms with E-state index in [2.05, 4.69) is 10.1 Å². The topological polar surface area (TPSA) is 82.3 Å². The molecule has 0 radical (unpaired) electrons. The van der Waals surface area contributed by atoms with E-state index in [1.807, 2.05) is 0 Å². The van der Waals surface area contributed by atoms with Crippen LogP contribution in [0, 0.1) is 0 Å². The summed E-state index contributed by atoms with van der Waals surface area (Å²) in [4.78, 5) is 30.0. The van der Waals surface area contributed by atoms with E-state index in [4.69, 9.17) is 20.9 Å². The molecule has 4 aromatic rings. The molecule has 0 amide bonds. The van der Waals surface area contributed by atoms with Gasteiger partial charge in [0.25, 0.3) is 5.89 Å². The number of carbonyl (C=O) groups excluding carboxylic acids is 2. The van der Waals surface area contributed by atoms with E-state index >= 15 is 0 Å². The molecule has 0 atom stereocenters. The van der Waals surface area contributed by atoms with E-state index in [9.17, 15) is 9.59 Å². The van der Waals surface area contributed by atoms with Crippen LogP contribution in [-0.2, 0) is 11.3 Å². The highest BCUT2D eigenvalue weighted by atomic mass is 35.5. The lowest BCUT2D eigenvalue weighted by molar-refractivity contribution is 0.0457. The highest BCUT2D eigenvalue weighted by Gasteiger charge is 2.20. The number of carbonyl (C=O) groups is 2. The van der Waals surface area contributed by atoms with Gasteiger partial charge in [0.15, 0.2) is 6.61 Å². The minimum atomic E-state index is -0.644. The summed E-state index contributed by atoms with van der Waals surface area (Å²) in [5.74, 6) is -0.451. The third-order valence-corrected chi connectivity index (χ3v) is 5.24. The summed E-state index contributed by atoms with van der Waals surface area (Å²) in [7, 11) is 0. The minimum absolute atomic E-state index is 0.181. The monoisotopic (exact) mass is 424 g/mol. The van der Waals surface area contributed by atoms with Gasteiger partial charge in [-0.2, -0.15) is 4.98 Å². The fraction of sp³-hybridized carbons (Fsp3) is 0.0476. The molecular weight excluding hydrogens is 412 g/mol. The van der Waals surface area contributed by atoms with Crippen LogP contribution in [0.5, 0.6) is 0 Å². The molecule has 0 bridgehead atoms. The summed E-state index contributed by atoms with van der Waals surface area (Å²) in [6.45, 7) is -0.200. The van der Waals surface area contributed by atoms with Crippen LogP contribution in [0.4, 0.5) is 0 Å². The number of hydrogen-bond donors (Lipinski definition) is 0. The molecule has 0 aliphatic rings. The van der Waals surface area contributed by atoms with Crippen LogP contribution >= 0.6 is 22.9 Å². The maximum atomic E-state index is 12.6. The first-order valence-electron chi connectivity index (χ1n) is 8.55. The van der Waals surface area contributed by atoms with Crippen LogP contribution < -0.4 is 0 Å². The van der Waals surface area contributed by atoms with Crippen molar-refractivity contribution in [2.24, 2.45) is 0 Å². The fourth-order valence-corrected chi connectivity index (χ4v) is 3.56. The normalized spacial score (nSPS) is 10.7. The predicted molar refractivity (Wildman–Crippen MR) is 108 cm³/mol. The molecule has 0 aliphatic carbocycles. The molecule has 4 rings (SSSR count). The van der Waals surface area contributed by atoms with Gasteiger partial charge in [0, 0.05) is 5.56 Å². The molecule has 0 spiro atoms. The third-order valence-electron chi connectivity index (χ3n) is 4.04. The SMILES string of the molecule is O=C(OCc1noc(-c2ccccc2Cl)n1)c1ccccc1C(=O)c1cccs1. The molecule has 0 saturated carbocycles. The van der Waals surface area contributed by atoms with Crippen LogP contribution in [0.1, 0.15) is 31.4 Å². The summed E-state index contributed by atoms with van der Waals surface area (Å²) in [5, 5.41) is 6.09. The summed E-state index contributed by atoms with van der Waals surface area (Å²) in [6, 6.07) is 17.1. The molecular formula is C21H13ClN2O4S. The van der Waals surface area contributed by atoms with Crippen molar-refractivity contribution in [3.05, 3.63) is 92.9 Å². The molecule has 6 nitrogen and oxygen atoms in total. The summed E-state index contributed by atoms with van der Waals surface area (Å²) >= 11 is 7.43. The molecule has 0 saturated heterocycles. The highest BCUT2D eigenvalue weighted by Crippen LogP contribution is 2.26. The van der Waals surface area contributed by atoms with Crippen LogP contribution in [0.25, 0.3) is 11.5 Å². The van der Waals surface area contributed by atoms with Crippen molar-refractivity contribution in [1.29, 1.82) is 0 Å². The van der Waals surface area contributed by atoms with Crippen molar-refractivity contribution in [1.82, 2.24) is 10.1 Å². The third kappa shape index (κ3) is 4.11. The highest BCUT2D eigenvalue weighted by molar-refractivity contribution is 7.12. The predicted octanol–water partition coefficient (Wildman–Crippen LogP) is 5.04. The number of hydrogen-bond acceptors (Lipinski definition) is 7. The van der Waals surface area contributed by atoms with Gasteiger partial charge >= 0.3 is 5.97 Å². The number of rotatable bonds is 6. The van der Waals surface area contributed by atoms with Gasteiger partial charge in [-0.25, -0.2) is 4.79 Å². The van der Waals surface area contributed by atoms with E-state index in [1.165, 1.54) is 11.3 Å². The zero-order valence-electron chi connectivity index (χ0n) is 14.9. The van der Waals surface area contributed by atoms with Crippen molar-refractivity contribution >= 4 is 34.7 Å². The Morgan fingerprint density at radius 3 is 2.52 bits per heavy atom. The van der Waals surface area contributed by atoms with Gasteiger partial charge in [0.05, 0.1) is 21.0 Å². The van der Waals surface area contributed by atoms with Crippen molar-refractivity contribution in [3.63, 3.8) is 0 Å². The maximum Gasteiger partial charge on any atom is 0.339 e. The second-order valence-electron chi connectivity index (χ2n) is 5.92. The number of ether oxygens (including phenoxy) is 1. The lowest BCUT2D eigenvalue weighted by Crippen LogP contribution is -2.12. The second-order valence-corrected chi connectivity index (χ2v) is 7.28. The zero-order valence-corrected chi connectivity index (χ0v) is 16.4. The van der Waals surface area contributed by atoms with Gasteiger partial charge < -0.3 is 9.26 Å². The fourth-order valence-electron chi connectivity index (χ4n) is 2.66. The number of esters is 1. The van der Waals surface area contributed by atoms with Gasteiger partial charge in [0.1, 0.15) is 0 Å². The Kier molecular flexibility index (Phi) is 5.50. The molecule has 0 unspecified atom stereocenters. The minimum Gasteiger partial charge on any atom is -0.454 e. The van der Waals surface area contributed by atoms with Gasteiger partial charge in [-0.05, 0) is 29.6 Å². The van der Waals surface area contributed by atoms with E-state index in [0.717, 1.165) is 0 Å². The molecule has 2 heterocycles. The Labute approximate surface area is 174 Å². The largest absolute Gasteiger partial charge is 0.454 e. The summed E-state index contributed by atoms with van der Waals surface area (Å²) in [6.07, 6.45) is 0. The lowest BCUT2D eigenvalue weighted by Gasteiger charge is -2.07. The van der Waals surface area contributed by atoms with Gasteiger partial charge in [-0.15, -0.1) is 11.3 Å². The number of benzene rings is 2. The van der Waals surface area contributed by atoms with Gasteiger partial charge in [-0.1, -0.05) is 53.2 Å². The van der Waals surface area contributed by atoms with E-state index in [-0.39, 0.29) is 35.2 Å². The summed E-state index contributed by atoms with van der Waals surface area (Å²) < 4.78 is 10.5. The molecule has 144 valence electrons. The first-order chi connectivity index (χ1) is 14.1. The van der Waals surface area contributed by atoms with Crippen molar-refractivity contribution < 1.29 is 18.8 Å². The average molecular weight is 425 g/mol. The van der Waals surface area contributed by atoms with E-state index in [1.54, 1.807) is 66.0 Å². The molecule has 0 fully saturated rings. The second kappa shape index (κ2) is 8.38. The van der Waals surface area contributed by atoms with E-state index in [0.29, 0.717) is 15.5 Å². The zero-order chi connectivity index (χ0) is 20.2. The Morgan fingerprint density at radius 1 is 1.00 bits per heavy atom. The molecule has 0 aliphatic heterocycles. The van der Waals surface area contributed by atoms with E-state index < -0.39 is 5.97 Å². The average Bonchev–Trinajstić information content (AvgIpc) is 3.44. The first kappa shape index (κ1) is 19.0. The first-order valence-corrected chi connectivity index (χ1v) is 9.81. The Balaban J connectivity index is 1.49. The van der Waals surface area contributed by atoms with Crippen LogP contribution in [-0.4, -0.2) is 21.9 Å². The van der Waals surface area contributed by atoms with Crippen LogP contribution in [0.15, 0.2) is 70.6 Å². The standard InChI is InChI=1S/C21H13ClN2O4S/c22-16-9-4-3-8-15(16)20-23-18(24-28-20)12-27-21(26)14-7-2-1-6-13(14)19(25)17-10-5-11-29-17/h1-11H,12H2. The van der Waals surface area contributed by atoms with Crippen molar-refractivity contribution in [3.8, 4) is 11.5 Å². The summed E-state index contributed by atoms with van der Waals surface area (Å²) in [5.41, 5.74) is 1.05. The number of halogens is 1. The van der Waals surface area contributed by atoms with Crippen LogP contribution in [0.2, 0.25) is 5.02 Å². The van der Waals surface area contributed by atoms with Gasteiger partial charge in [0.2, 0.25) is 11.6 Å². The Morgan fingerprint density at radius 2 is 1.76 bits per heavy atom. The molecule has 2 aromatic carbocycles. The number of ketones is 1. The quantitative estimate of drug-likeness (QED) is 0.318. The lowest BCUT2D eigenvalue weighted by atomic mass is 10.0. The van der Waals surface area contributed by atoms with Crippen molar-refractivity contribution in [2.75, 3.05) is 0 Å². The molecule has 2 aromatic heterocycles. The number of aromatic nitrogens is 2. The van der Waals surface area contributed by atoms with Crippen molar-refractivity contribution in [2.45, 2.75) is 6.61 Å². The maximum absolute atomic E-state index is 12.6. The molecule has 0 N–H and O–H groups in total. The molecule has 29 heavy (non-hydrogen) atoms. The van der Waals surface area contributed by atoms with Gasteiger partial charge in [-0.3, -0.25) is 4.79 Å². The smallest absolute Gasteiger partial charge is 0.339 e. The number of thiophene rings is 1. The Bertz CT molecular complexity index is 1170. The van der Waals surface area contributed by atoms with Crippen LogP contribution in [0.3, 0.4) is 0 Å². The molecule has 8 heteroatoms. The number of nitrogens with zero attached hydrogens (tertiary/aromatic N) is 2.